The Hall–Kier alpha value is -0.650. The number of aliphatic hydroxyl groups is 2. The molecular weight excluding hydrogens is 354 g/mol. The molecule has 0 aromatic carbocycles. The lowest BCUT2D eigenvalue weighted by Gasteiger charge is -2.33. The summed E-state index contributed by atoms with van der Waals surface area (Å²) in [5, 5.41) is 19.6. The minimum Gasteiger partial charge on any atom is -0.396 e. The van der Waals surface area contributed by atoms with Gasteiger partial charge in [0.1, 0.15) is 6.61 Å². The Morgan fingerprint density at radius 2 is 1.36 bits per heavy atom. The minimum absolute atomic E-state index is 0.173. The maximum atomic E-state index is 11.0. The molecule has 0 fully saturated rings. The van der Waals surface area contributed by atoms with Crippen LogP contribution in [0.3, 0.4) is 0 Å². The molecule has 0 aromatic heterocycles. The topological polar surface area (TPSA) is 78.8 Å². The Morgan fingerprint density at radius 3 is 1.54 bits per heavy atom. The van der Waals surface area contributed by atoms with Gasteiger partial charge in [0, 0.05) is 25.9 Å². The van der Waals surface area contributed by atoms with Gasteiger partial charge >= 0.3 is 0 Å². The summed E-state index contributed by atoms with van der Waals surface area (Å²) in [7, 11) is 1.74. The highest BCUT2D eigenvalue weighted by molar-refractivity contribution is 5.77. The van der Waals surface area contributed by atoms with Crippen LogP contribution in [0, 0.1) is 17.3 Å². The Bertz CT molecular complexity index is 321. The highest BCUT2D eigenvalue weighted by Gasteiger charge is 2.26. The molecule has 0 heterocycles. The molecular formula is C23H53NO4. The minimum atomic E-state index is -0.437. The molecule has 0 rings (SSSR count). The average Bonchev–Trinajstić information content (AvgIpc) is 2.53. The first-order valence-corrected chi connectivity index (χ1v) is 10.7. The molecule has 0 aliphatic carbocycles. The molecule has 0 saturated heterocycles. The lowest BCUT2D eigenvalue weighted by molar-refractivity contribution is -0.125. The number of carbonyl (C=O) groups excluding carboxylic acids is 1. The van der Waals surface area contributed by atoms with Crippen LogP contribution in [-0.4, -0.2) is 48.6 Å². The third kappa shape index (κ3) is 40.1. The van der Waals surface area contributed by atoms with Crippen LogP contribution in [-0.2, 0) is 9.53 Å². The Labute approximate surface area is 176 Å². The monoisotopic (exact) mass is 407 g/mol. The second kappa shape index (κ2) is 21.1. The van der Waals surface area contributed by atoms with Crippen molar-refractivity contribution in [2.24, 2.45) is 17.3 Å². The Morgan fingerprint density at radius 1 is 0.929 bits per heavy atom. The van der Waals surface area contributed by atoms with E-state index in [1.54, 1.807) is 7.11 Å². The van der Waals surface area contributed by atoms with Gasteiger partial charge in [0.2, 0.25) is 5.91 Å². The summed E-state index contributed by atoms with van der Waals surface area (Å²) in [6.45, 7) is 23.7. The SMILES string of the molecule is CC.CC(C)(C)CC(C)(C)NC(=O)CO.CC(C)CCO.COCCC(C)C. The number of amides is 1. The van der Waals surface area contributed by atoms with Crippen LogP contribution in [0.5, 0.6) is 0 Å². The predicted molar refractivity (Wildman–Crippen MR) is 123 cm³/mol. The highest BCUT2D eigenvalue weighted by atomic mass is 16.5. The first-order chi connectivity index (χ1) is 12.7. The van der Waals surface area contributed by atoms with Gasteiger partial charge in [0.15, 0.2) is 0 Å². The summed E-state index contributed by atoms with van der Waals surface area (Å²) >= 11 is 0. The molecule has 0 unspecified atom stereocenters. The van der Waals surface area contributed by atoms with Crippen LogP contribution >= 0.6 is 0 Å². The van der Waals surface area contributed by atoms with E-state index in [1.807, 2.05) is 27.7 Å². The summed E-state index contributed by atoms with van der Waals surface area (Å²) in [5.74, 6) is 1.12. The van der Waals surface area contributed by atoms with Gasteiger partial charge in [-0.25, -0.2) is 0 Å². The van der Waals surface area contributed by atoms with Crippen LogP contribution in [0.1, 0.15) is 95.4 Å². The van der Waals surface area contributed by atoms with Gasteiger partial charge in [-0.05, 0) is 50.4 Å². The van der Waals surface area contributed by atoms with E-state index >= 15 is 0 Å². The molecule has 5 nitrogen and oxygen atoms in total. The first kappa shape index (κ1) is 34.8. The fourth-order valence-electron chi connectivity index (χ4n) is 2.40. The van der Waals surface area contributed by atoms with Crippen molar-refractivity contribution < 1.29 is 19.7 Å². The smallest absolute Gasteiger partial charge is 0.246 e. The number of hydrogen-bond donors (Lipinski definition) is 3. The van der Waals surface area contributed by atoms with E-state index in [0.29, 0.717) is 12.5 Å². The molecule has 0 bridgehead atoms. The van der Waals surface area contributed by atoms with Crippen LogP contribution < -0.4 is 5.32 Å². The molecule has 0 aliphatic rings. The van der Waals surface area contributed by atoms with Gasteiger partial charge in [0.05, 0.1) is 0 Å². The van der Waals surface area contributed by atoms with Crippen molar-refractivity contribution in [3.63, 3.8) is 0 Å². The van der Waals surface area contributed by atoms with Gasteiger partial charge in [-0.3, -0.25) is 4.79 Å². The van der Waals surface area contributed by atoms with E-state index in [4.69, 9.17) is 14.9 Å². The zero-order chi connectivity index (χ0) is 23.4. The molecule has 3 N–H and O–H groups in total. The van der Waals surface area contributed by atoms with Crippen LogP contribution in [0.4, 0.5) is 0 Å². The Balaban J connectivity index is -0.000000162. The van der Waals surface area contributed by atoms with Crippen molar-refractivity contribution in [3.8, 4) is 0 Å². The molecule has 174 valence electrons. The van der Waals surface area contributed by atoms with Gasteiger partial charge in [0.25, 0.3) is 0 Å². The van der Waals surface area contributed by atoms with E-state index in [1.165, 1.54) is 6.42 Å². The zero-order valence-electron chi connectivity index (χ0n) is 21.1. The van der Waals surface area contributed by atoms with E-state index in [-0.39, 0.29) is 16.9 Å². The number of carbonyl (C=O) groups is 1. The summed E-state index contributed by atoms with van der Waals surface area (Å²) < 4.78 is 4.85. The molecule has 28 heavy (non-hydrogen) atoms. The fourth-order valence-corrected chi connectivity index (χ4v) is 2.40. The second-order valence-electron chi connectivity index (χ2n) is 9.41. The number of nitrogens with one attached hydrogen (secondary N) is 1. The fraction of sp³-hybridized carbons (Fsp3) is 0.957. The van der Waals surface area contributed by atoms with Crippen molar-refractivity contribution >= 4 is 5.91 Å². The van der Waals surface area contributed by atoms with E-state index in [0.717, 1.165) is 25.4 Å². The molecule has 0 radical (unpaired) electrons. The summed E-state index contributed by atoms with van der Waals surface area (Å²) in [5.41, 5.74) is -0.0791. The molecule has 0 saturated carbocycles. The number of hydrogen-bond acceptors (Lipinski definition) is 4. The lowest BCUT2D eigenvalue weighted by atomic mass is 9.82. The first-order valence-electron chi connectivity index (χ1n) is 10.7. The van der Waals surface area contributed by atoms with Crippen molar-refractivity contribution in [2.75, 3.05) is 26.9 Å². The largest absolute Gasteiger partial charge is 0.396 e. The summed E-state index contributed by atoms with van der Waals surface area (Å²) in [4.78, 5) is 11.0. The predicted octanol–water partition coefficient (Wildman–Crippen LogP) is 5.04. The van der Waals surface area contributed by atoms with Crippen molar-refractivity contribution in [1.82, 2.24) is 5.32 Å². The molecule has 1 amide bonds. The lowest BCUT2D eigenvalue weighted by Crippen LogP contribution is -2.46. The normalized spacial score (nSPS) is 10.9. The van der Waals surface area contributed by atoms with Crippen LogP contribution in [0.2, 0.25) is 0 Å². The number of aliphatic hydroxyl groups excluding tert-OH is 2. The van der Waals surface area contributed by atoms with Crippen LogP contribution in [0.15, 0.2) is 0 Å². The van der Waals surface area contributed by atoms with Gasteiger partial charge in [-0.15, -0.1) is 0 Å². The maximum absolute atomic E-state index is 11.0. The van der Waals surface area contributed by atoms with Crippen molar-refractivity contribution in [2.45, 2.75) is 101 Å². The van der Waals surface area contributed by atoms with Gasteiger partial charge in [-0.2, -0.15) is 0 Å². The van der Waals surface area contributed by atoms with Gasteiger partial charge < -0.3 is 20.3 Å². The van der Waals surface area contributed by atoms with Crippen LogP contribution in [0.25, 0.3) is 0 Å². The number of rotatable bonds is 8. The summed E-state index contributed by atoms with van der Waals surface area (Å²) in [6.07, 6.45) is 2.99. The quantitative estimate of drug-likeness (QED) is 0.527. The van der Waals surface area contributed by atoms with E-state index in [9.17, 15) is 4.79 Å². The number of ether oxygens (including phenoxy) is 1. The third-order valence-electron chi connectivity index (χ3n) is 3.20. The third-order valence-corrected chi connectivity index (χ3v) is 3.20. The Kier molecular flexibility index (Phi) is 26.2. The maximum Gasteiger partial charge on any atom is 0.246 e. The van der Waals surface area contributed by atoms with Crippen molar-refractivity contribution in [3.05, 3.63) is 0 Å². The molecule has 0 spiro atoms. The second-order valence-corrected chi connectivity index (χ2v) is 9.41. The standard InChI is InChI=1S/C10H21NO2.C6H14O.C5H12O.C2H6/c1-9(2,3)7-10(4,5)11-8(13)6-12;1-6(2)4-5-7-3;1-5(2)3-4-6;1-2/h12H,6-7H2,1-5H3,(H,11,13);6H,4-5H2,1-3H3;5-6H,3-4H2,1-2H3;1-2H3. The zero-order valence-corrected chi connectivity index (χ0v) is 21.1. The highest BCUT2D eigenvalue weighted by Crippen LogP contribution is 2.26. The molecule has 0 aliphatic heterocycles. The molecule has 0 atom stereocenters. The van der Waals surface area contributed by atoms with E-state index < -0.39 is 6.61 Å². The van der Waals surface area contributed by atoms with E-state index in [2.05, 4.69) is 53.8 Å². The van der Waals surface area contributed by atoms with Gasteiger partial charge in [-0.1, -0.05) is 62.3 Å². The summed E-state index contributed by atoms with van der Waals surface area (Å²) in [6, 6.07) is 0. The molecule has 5 heteroatoms. The molecule has 0 aromatic rings. The average molecular weight is 408 g/mol. The number of methoxy groups -OCH3 is 1. The van der Waals surface area contributed by atoms with Crippen molar-refractivity contribution in [1.29, 1.82) is 0 Å².